The summed E-state index contributed by atoms with van der Waals surface area (Å²) >= 11 is 3.38. The van der Waals surface area contributed by atoms with E-state index in [-0.39, 0.29) is 11.6 Å². The molecule has 1 aromatic carbocycles. The standard InChI is InChI=1S/C22H18BrF3N6O2/c1-11-3-4-15(30-20(33)18-19(22(24,25)26)34-12(2)29-18)8-17(11)32-21-28-6-5-16(31-21)13-7-14(23)10-27-9-13/h3-10,18-19H,1-2H3,(H,30,33)(H,28,31,32). The van der Waals surface area contributed by atoms with Crippen LogP contribution in [0.3, 0.4) is 0 Å². The number of halogens is 4. The Balaban J connectivity index is 1.53. The number of amides is 1. The summed E-state index contributed by atoms with van der Waals surface area (Å²) in [4.78, 5) is 29.1. The summed E-state index contributed by atoms with van der Waals surface area (Å²) in [6, 6.07) is 6.75. The number of anilines is 3. The van der Waals surface area contributed by atoms with Crippen molar-refractivity contribution >= 4 is 45.1 Å². The molecule has 34 heavy (non-hydrogen) atoms. The summed E-state index contributed by atoms with van der Waals surface area (Å²) in [7, 11) is 0. The molecule has 0 spiro atoms. The summed E-state index contributed by atoms with van der Waals surface area (Å²) in [5.74, 6) is -0.814. The van der Waals surface area contributed by atoms with Gasteiger partial charge in [-0.3, -0.25) is 9.78 Å². The largest absolute Gasteiger partial charge is 0.466 e. The second-order valence-electron chi connectivity index (χ2n) is 7.47. The minimum atomic E-state index is -4.73. The van der Waals surface area contributed by atoms with Crippen LogP contribution in [0.25, 0.3) is 11.3 Å². The summed E-state index contributed by atoms with van der Waals surface area (Å²) < 4.78 is 45.1. The van der Waals surface area contributed by atoms with Crippen molar-refractivity contribution in [3.8, 4) is 11.3 Å². The molecular formula is C22H18BrF3N6O2. The Morgan fingerprint density at radius 3 is 2.68 bits per heavy atom. The average molecular weight is 535 g/mol. The number of hydrogen-bond acceptors (Lipinski definition) is 7. The quantitative estimate of drug-likeness (QED) is 0.475. The number of nitrogens with zero attached hydrogens (tertiary/aromatic N) is 4. The van der Waals surface area contributed by atoms with E-state index in [2.05, 4.69) is 46.5 Å². The van der Waals surface area contributed by atoms with E-state index in [0.717, 1.165) is 15.6 Å². The summed E-state index contributed by atoms with van der Waals surface area (Å²) in [5, 5.41) is 5.57. The Bertz CT molecular complexity index is 1270. The van der Waals surface area contributed by atoms with E-state index in [4.69, 9.17) is 4.74 Å². The van der Waals surface area contributed by atoms with Crippen LogP contribution in [0.4, 0.5) is 30.5 Å². The maximum absolute atomic E-state index is 13.2. The molecule has 0 saturated carbocycles. The Morgan fingerprint density at radius 2 is 1.94 bits per heavy atom. The van der Waals surface area contributed by atoms with Crippen LogP contribution in [0.15, 0.2) is 58.4 Å². The molecule has 3 heterocycles. The molecule has 1 amide bonds. The van der Waals surface area contributed by atoms with Crippen molar-refractivity contribution in [1.82, 2.24) is 15.0 Å². The summed E-state index contributed by atoms with van der Waals surface area (Å²) in [6.45, 7) is 3.10. The SMILES string of the molecule is CC1=NC(C(=O)Nc2ccc(C)c(Nc3nccc(-c4cncc(Br)c4)n3)c2)C(C(F)(F)F)O1. The normalized spacial score (nSPS) is 17.6. The van der Waals surface area contributed by atoms with Crippen LogP contribution in [0, 0.1) is 6.92 Å². The van der Waals surface area contributed by atoms with Gasteiger partial charge in [-0.1, -0.05) is 6.07 Å². The second-order valence-corrected chi connectivity index (χ2v) is 8.39. The van der Waals surface area contributed by atoms with Gasteiger partial charge in [-0.2, -0.15) is 13.2 Å². The lowest BCUT2D eigenvalue weighted by Gasteiger charge is -2.20. The molecule has 2 N–H and O–H groups in total. The third-order valence-corrected chi connectivity index (χ3v) is 5.34. The molecule has 0 aliphatic carbocycles. The Hall–Kier alpha value is -3.54. The highest BCUT2D eigenvalue weighted by Crippen LogP contribution is 2.32. The number of ether oxygens (including phenoxy) is 1. The van der Waals surface area contributed by atoms with E-state index in [9.17, 15) is 18.0 Å². The fourth-order valence-corrected chi connectivity index (χ4v) is 3.65. The highest BCUT2D eigenvalue weighted by Gasteiger charge is 2.53. The van der Waals surface area contributed by atoms with E-state index < -0.39 is 24.2 Å². The number of aryl methyl sites for hydroxylation is 1. The zero-order valence-corrected chi connectivity index (χ0v) is 19.5. The molecule has 2 unspecified atom stereocenters. The number of benzene rings is 1. The van der Waals surface area contributed by atoms with Gasteiger partial charge in [0.15, 0.2) is 11.9 Å². The van der Waals surface area contributed by atoms with Gasteiger partial charge >= 0.3 is 6.18 Å². The first-order valence-electron chi connectivity index (χ1n) is 10.0. The van der Waals surface area contributed by atoms with Crippen LogP contribution in [0.5, 0.6) is 0 Å². The number of carbonyl (C=O) groups excluding carboxylic acids is 1. The lowest BCUT2D eigenvalue weighted by Crippen LogP contribution is -2.44. The van der Waals surface area contributed by atoms with Gasteiger partial charge in [-0.15, -0.1) is 0 Å². The van der Waals surface area contributed by atoms with Gasteiger partial charge in [0.25, 0.3) is 5.91 Å². The van der Waals surface area contributed by atoms with Gasteiger partial charge in [0.1, 0.15) is 0 Å². The maximum atomic E-state index is 13.2. The molecule has 0 fully saturated rings. The van der Waals surface area contributed by atoms with E-state index in [1.807, 2.05) is 13.0 Å². The third-order valence-electron chi connectivity index (χ3n) is 4.90. The van der Waals surface area contributed by atoms with Gasteiger partial charge in [-0.25, -0.2) is 15.0 Å². The van der Waals surface area contributed by atoms with Crippen molar-refractivity contribution in [2.45, 2.75) is 32.2 Å². The van der Waals surface area contributed by atoms with Gasteiger partial charge in [-0.05, 0) is 52.7 Å². The molecular weight excluding hydrogens is 517 g/mol. The number of aromatic nitrogens is 3. The molecule has 0 saturated heterocycles. The number of carbonyl (C=O) groups is 1. The number of aliphatic imine (C=N–C) groups is 1. The molecule has 0 radical (unpaired) electrons. The molecule has 4 rings (SSSR count). The van der Waals surface area contributed by atoms with E-state index in [1.165, 1.54) is 6.92 Å². The maximum Gasteiger partial charge on any atom is 0.428 e. The number of alkyl halides is 3. The van der Waals surface area contributed by atoms with Crippen molar-refractivity contribution in [2.24, 2.45) is 4.99 Å². The zero-order valence-electron chi connectivity index (χ0n) is 17.9. The smallest absolute Gasteiger partial charge is 0.428 e. The third kappa shape index (κ3) is 5.33. The molecule has 3 aromatic rings. The minimum absolute atomic E-state index is 0.189. The molecule has 1 aliphatic rings. The van der Waals surface area contributed by atoms with Crippen LogP contribution in [-0.4, -0.2) is 45.1 Å². The zero-order chi connectivity index (χ0) is 24.5. The first-order valence-corrected chi connectivity index (χ1v) is 10.8. The van der Waals surface area contributed by atoms with E-state index >= 15 is 0 Å². The topological polar surface area (TPSA) is 101 Å². The van der Waals surface area contributed by atoms with Gasteiger partial charge in [0, 0.05) is 46.9 Å². The molecule has 2 aromatic heterocycles. The van der Waals surface area contributed by atoms with Crippen molar-refractivity contribution in [1.29, 1.82) is 0 Å². The van der Waals surface area contributed by atoms with Gasteiger partial charge in [0.05, 0.1) is 5.69 Å². The molecule has 1 aliphatic heterocycles. The fourth-order valence-electron chi connectivity index (χ4n) is 3.29. The first kappa shape index (κ1) is 23.6. The van der Waals surface area contributed by atoms with Crippen LogP contribution in [0.2, 0.25) is 0 Å². The lowest BCUT2D eigenvalue weighted by atomic mass is 10.1. The predicted molar refractivity (Wildman–Crippen MR) is 124 cm³/mol. The number of rotatable bonds is 5. The van der Waals surface area contributed by atoms with Crippen LogP contribution in [0.1, 0.15) is 12.5 Å². The first-order chi connectivity index (χ1) is 16.1. The predicted octanol–water partition coefficient (Wildman–Crippen LogP) is 5.04. The summed E-state index contributed by atoms with van der Waals surface area (Å²) in [6.07, 6.45) is -2.13. The highest BCUT2D eigenvalue weighted by atomic mass is 79.9. The number of pyridine rings is 1. The number of hydrogen-bond donors (Lipinski definition) is 2. The molecule has 176 valence electrons. The monoisotopic (exact) mass is 534 g/mol. The Kier molecular flexibility index (Phi) is 6.51. The molecule has 0 bridgehead atoms. The van der Waals surface area contributed by atoms with Crippen molar-refractivity contribution in [3.05, 3.63) is 59.0 Å². The highest BCUT2D eigenvalue weighted by molar-refractivity contribution is 9.10. The van der Waals surface area contributed by atoms with E-state index in [0.29, 0.717) is 17.3 Å². The molecule has 8 nitrogen and oxygen atoms in total. The Labute approximate surface area is 200 Å². The van der Waals surface area contributed by atoms with Crippen molar-refractivity contribution in [3.63, 3.8) is 0 Å². The van der Waals surface area contributed by atoms with Gasteiger partial charge in [0.2, 0.25) is 12.1 Å². The van der Waals surface area contributed by atoms with Crippen LogP contribution in [-0.2, 0) is 9.53 Å². The minimum Gasteiger partial charge on any atom is -0.466 e. The number of nitrogens with one attached hydrogen (secondary N) is 2. The van der Waals surface area contributed by atoms with Crippen molar-refractivity contribution < 1.29 is 22.7 Å². The van der Waals surface area contributed by atoms with Gasteiger partial charge < -0.3 is 15.4 Å². The fraction of sp³-hybridized carbons (Fsp3) is 0.227. The molecule has 2 atom stereocenters. The van der Waals surface area contributed by atoms with Crippen LogP contribution < -0.4 is 10.6 Å². The average Bonchev–Trinajstić information content (AvgIpc) is 3.19. The van der Waals surface area contributed by atoms with Crippen molar-refractivity contribution in [2.75, 3.05) is 10.6 Å². The van der Waals surface area contributed by atoms with Crippen LogP contribution >= 0.6 is 15.9 Å². The summed E-state index contributed by atoms with van der Waals surface area (Å²) in [5.41, 5.74) is 3.08. The lowest BCUT2D eigenvalue weighted by molar-refractivity contribution is -0.199. The van der Waals surface area contributed by atoms with E-state index in [1.54, 1.807) is 42.9 Å². The molecule has 12 heteroatoms. The Morgan fingerprint density at radius 1 is 1.15 bits per heavy atom. The second kappa shape index (κ2) is 9.37.